The molecule has 0 bridgehead atoms. The van der Waals surface area contributed by atoms with Crippen molar-refractivity contribution < 1.29 is 0 Å². The van der Waals surface area contributed by atoms with Gasteiger partial charge in [0.2, 0.25) is 0 Å². The van der Waals surface area contributed by atoms with Crippen molar-refractivity contribution in [1.82, 2.24) is 0 Å². The van der Waals surface area contributed by atoms with Crippen molar-refractivity contribution >= 4 is 11.7 Å². The molecule has 6 N–H and O–H groups in total. The Kier molecular flexibility index (Phi) is 4.17. The van der Waals surface area contributed by atoms with E-state index in [0.717, 1.165) is 0 Å². The molecule has 6 heteroatoms. The third-order valence-electron chi connectivity index (χ3n) is 2.84. The molecule has 0 saturated heterocycles. The van der Waals surface area contributed by atoms with Gasteiger partial charge >= 0.3 is 0 Å². The molecule has 92 valence electrons. The fourth-order valence-electron chi connectivity index (χ4n) is 0.763. The largest absolute Gasteiger partial charge is 0.386 e. The average molecular weight is 226 g/mol. The summed E-state index contributed by atoms with van der Waals surface area (Å²) in [4.78, 5) is 0. The van der Waals surface area contributed by atoms with E-state index in [2.05, 4.69) is 10.2 Å². The van der Waals surface area contributed by atoms with Gasteiger partial charge < -0.3 is 11.5 Å². The zero-order valence-electron chi connectivity index (χ0n) is 10.6. The molecule has 0 aliphatic heterocycles. The van der Waals surface area contributed by atoms with Crippen LogP contribution in [0.2, 0.25) is 0 Å². The van der Waals surface area contributed by atoms with Crippen LogP contribution >= 0.6 is 0 Å². The van der Waals surface area contributed by atoms with E-state index in [-0.39, 0.29) is 17.6 Å². The van der Waals surface area contributed by atoms with Crippen LogP contribution < -0.4 is 11.5 Å². The molecule has 16 heavy (non-hydrogen) atoms. The summed E-state index contributed by atoms with van der Waals surface area (Å²) < 4.78 is 0. The average Bonchev–Trinajstić information content (AvgIpc) is 2.13. The van der Waals surface area contributed by atoms with Gasteiger partial charge in [0.1, 0.15) is 22.7 Å². The van der Waals surface area contributed by atoms with E-state index >= 15 is 0 Å². The SMILES string of the molecule is CC(C)C(C)(N=NC(C)(C)C(=N)N)C(=N)N. The van der Waals surface area contributed by atoms with Crippen molar-refractivity contribution in [3.05, 3.63) is 0 Å². The van der Waals surface area contributed by atoms with Crippen LogP contribution in [0.25, 0.3) is 0 Å². The molecule has 1 atom stereocenters. The highest BCUT2D eigenvalue weighted by Crippen LogP contribution is 2.23. The van der Waals surface area contributed by atoms with E-state index in [0.29, 0.717) is 0 Å². The minimum atomic E-state index is -0.856. The Balaban J connectivity index is 5.13. The van der Waals surface area contributed by atoms with Crippen LogP contribution in [0.4, 0.5) is 0 Å². The first-order chi connectivity index (χ1) is 7.04. The number of azo groups is 1. The number of rotatable bonds is 5. The monoisotopic (exact) mass is 226 g/mol. The lowest BCUT2D eigenvalue weighted by atomic mass is 9.88. The zero-order chi connectivity index (χ0) is 13.1. The van der Waals surface area contributed by atoms with Crippen LogP contribution in [0.1, 0.15) is 34.6 Å². The molecule has 0 spiro atoms. The van der Waals surface area contributed by atoms with Crippen molar-refractivity contribution in [1.29, 1.82) is 10.8 Å². The van der Waals surface area contributed by atoms with E-state index < -0.39 is 11.1 Å². The highest BCUT2D eigenvalue weighted by molar-refractivity contribution is 5.88. The van der Waals surface area contributed by atoms with Gasteiger partial charge in [-0.15, -0.1) is 0 Å². The highest BCUT2D eigenvalue weighted by atomic mass is 15.2. The van der Waals surface area contributed by atoms with Crippen LogP contribution in [0.15, 0.2) is 10.2 Å². The normalized spacial score (nSPS) is 16.4. The lowest BCUT2D eigenvalue weighted by Gasteiger charge is -2.28. The molecule has 0 saturated carbocycles. The molecular formula is C10H22N6. The molecule has 0 aromatic heterocycles. The molecule has 0 aliphatic carbocycles. The Bertz CT molecular complexity index is 317. The van der Waals surface area contributed by atoms with Gasteiger partial charge in [-0.3, -0.25) is 10.8 Å². The number of nitrogens with one attached hydrogen (secondary N) is 2. The smallest absolute Gasteiger partial charge is 0.137 e. The molecule has 0 aromatic rings. The predicted molar refractivity (Wildman–Crippen MR) is 66.0 cm³/mol. The van der Waals surface area contributed by atoms with Gasteiger partial charge in [0.25, 0.3) is 0 Å². The summed E-state index contributed by atoms with van der Waals surface area (Å²) in [6.07, 6.45) is 0. The first-order valence-corrected chi connectivity index (χ1v) is 5.17. The van der Waals surface area contributed by atoms with E-state index in [1.165, 1.54) is 0 Å². The summed E-state index contributed by atoms with van der Waals surface area (Å²) in [5, 5.41) is 23.0. The number of nitrogens with two attached hydrogens (primary N) is 2. The Hall–Kier alpha value is -1.46. The quantitative estimate of drug-likeness (QED) is 0.322. The van der Waals surface area contributed by atoms with Crippen LogP contribution in [0.5, 0.6) is 0 Å². The van der Waals surface area contributed by atoms with E-state index in [9.17, 15) is 0 Å². The predicted octanol–water partition coefficient (Wildman–Crippen LogP) is 1.50. The minimum absolute atomic E-state index is 0.0365. The third-order valence-corrected chi connectivity index (χ3v) is 2.84. The Morgan fingerprint density at radius 2 is 1.44 bits per heavy atom. The van der Waals surface area contributed by atoms with Gasteiger partial charge in [0.05, 0.1) is 0 Å². The van der Waals surface area contributed by atoms with Crippen molar-refractivity contribution in [2.24, 2.45) is 27.6 Å². The maximum absolute atomic E-state index is 7.53. The lowest BCUT2D eigenvalue weighted by molar-refractivity contribution is 0.410. The summed E-state index contributed by atoms with van der Waals surface area (Å²) in [6, 6.07) is 0. The van der Waals surface area contributed by atoms with Crippen LogP contribution in [0.3, 0.4) is 0 Å². The summed E-state index contributed by atoms with van der Waals surface area (Å²) >= 11 is 0. The Labute approximate surface area is 96.5 Å². The molecule has 0 aliphatic rings. The summed E-state index contributed by atoms with van der Waals surface area (Å²) in [7, 11) is 0. The van der Waals surface area contributed by atoms with Crippen molar-refractivity contribution in [3.63, 3.8) is 0 Å². The maximum atomic E-state index is 7.53. The molecule has 0 radical (unpaired) electrons. The van der Waals surface area contributed by atoms with Crippen molar-refractivity contribution in [2.45, 2.75) is 45.7 Å². The van der Waals surface area contributed by atoms with E-state index in [4.69, 9.17) is 22.3 Å². The first-order valence-electron chi connectivity index (χ1n) is 5.17. The van der Waals surface area contributed by atoms with Crippen molar-refractivity contribution in [3.8, 4) is 0 Å². The van der Waals surface area contributed by atoms with Gasteiger partial charge in [0.15, 0.2) is 0 Å². The second-order valence-electron chi connectivity index (χ2n) is 4.89. The first kappa shape index (κ1) is 14.5. The molecule has 6 nitrogen and oxygen atoms in total. The van der Waals surface area contributed by atoms with E-state index in [1.54, 1.807) is 20.8 Å². The fourth-order valence-corrected chi connectivity index (χ4v) is 0.763. The summed E-state index contributed by atoms with van der Waals surface area (Å²) in [6.45, 7) is 8.97. The van der Waals surface area contributed by atoms with Gasteiger partial charge in [0, 0.05) is 0 Å². The second kappa shape index (κ2) is 4.59. The maximum Gasteiger partial charge on any atom is 0.137 e. The standard InChI is InChI=1S/C10H22N6/c1-6(2)10(5,8(13)14)16-15-9(3,4)7(11)12/h6H,1-5H3,(H3,11,12)(H3,13,14). The Morgan fingerprint density at radius 1 is 1.00 bits per heavy atom. The van der Waals surface area contributed by atoms with E-state index in [1.807, 2.05) is 13.8 Å². The summed E-state index contributed by atoms with van der Waals surface area (Å²) in [5.41, 5.74) is 9.22. The number of hydrogen-bond donors (Lipinski definition) is 4. The zero-order valence-corrected chi connectivity index (χ0v) is 10.6. The van der Waals surface area contributed by atoms with Crippen molar-refractivity contribution in [2.75, 3.05) is 0 Å². The Morgan fingerprint density at radius 3 is 1.69 bits per heavy atom. The number of hydrogen-bond acceptors (Lipinski definition) is 4. The molecule has 1 unspecified atom stereocenters. The number of amidine groups is 2. The fraction of sp³-hybridized carbons (Fsp3) is 0.800. The topological polar surface area (TPSA) is 124 Å². The minimum Gasteiger partial charge on any atom is -0.386 e. The van der Waals surface area contributed by atoms with Gasteiger partial charge in [-0.25, -0.2) is 0 Å². The molecule has 0 rings (SSSR count). The highest BCUT2D eigenvalue weighted by Gasteiger charge is 2.33. The lowest BCUT2D eigenvalue weighted by Crippen LogP contribution is -2.44. The molecule has 0 heterocycles. The van der Waals surface area contributed by atoms with Crippen LogP contribution in [0, 0.1) is 16.7 Å². The third kappa shape index (κ3) is 3.01. The van der Waals surface area contributed by atoms with Gasteiger partial charge in [-0.2, -0.15) is 10.2 Å². The van der Waals surface area contributed by atoms with Gasteiger partial charge in [-0.1, -0.05) is 13.8 Å². The van der Waals surface area contributed by atoms with Crippen LogP contribution in [-0.2, 0) is 0 Å². The molecule has 0 fully saturated rings. The summed E-state index contributed by atoms with van der Waals surface area (Å²) in [5.74, 6) is -0.0481. The number of nitrogens with zero attached hydrogens (tertiary/aromatic N) is 2. The van der Waals surface area contributed by atoms with Crippen LogP contribution in [-0.4, -0.2) is 22.7 Å². The second-order valence-corrected chi connectivity index (χ2v) is 4.89. The van der Waals surface area contributed by atoms with Gasteiger partial charge in [-0.05, 0) is 26.7 Å². The molecule has 0 amide bonds. The molecular weight excluding hydrogens is 204 g/mol. The molecule has 0 aromatic carbocycles.